The molecule has 1 aliphatic heterocycles. The number of thioether (sulfide) groups is 1. The van der Waals surface area contributed by atoms with Crippen molar-refractivity contribution in [3.05, 3.63) is 59.9 Å². The van der Waals surface area contributed by atoms with Crippen LogP contribution in [-0.4, -0.2) is 34.6 Å². The second-order valence-corrected chi connectivity index (χ2v) is 6.81. The van der Waals surface area contributed by atoms with Gasteiger partial charge in [0.25, 0.3) is 5.91 Å². The SMILES string of the molecule is Cc1ccc(C(=O)N2CC[C@@H](CSc3ccccc3)C2)cn1. The Bertz CT molecular complexity index is 627. The summed E-state index contributed by atoms with van der Waals surface area (Å²) in [4.78, 5) is 19.9. The van der Waals surface area contributed by atoms with E-state index in [9.17, 15) is 4.79 Å². The molecule has 0 aliphatic carbocycles. The molecule has 3 nitrogen and oxygen atoms in total. The number of likely N-dealkylation sites (tertiary alicyclic amines) is 1. The van der Waals surface area contributed by atoms with E-state index < -0.39 is 0 Å². The first-order valence-electron chi connectivity index (χ1n) is 7.62. The molecule has 2 aromatic rings. The van der Waals surface area contributed by atoms with Crippen LogP contribution in [0.1, 0.15) is 22.5 Å². The molecular formula is C18H20N2OS. The van der Waals surface area contributed by atoms with E-state index in [1.54, 1.807) is 6.20 Å². The van der Waals surface area contributed by atoms with Gasteiger partial charge in [-0.25, -0.2) is 0 Å². The lowest BCUT2D eigenvalue weighted by Gasteiger charge is -2.16. The summed E-state index contributed by atoms with van der Waals surface area (Å²) < 4.78 is 0. The van der Waals surface area contributed by atoms with Gasteiger partial charge in [-0.3, -0.25) is 9.78 Å². The van der Waals surface area contributed by atoms with E-state index in [0.717, 1.165) is 31.0 Å². The Morgan fingerprint density at radius 2 is 2.09 bits per heavy atom. The molecule has 1 aliphatic rings. The van der Waals surface area contributed by atoms with E-state index >= 15 is 0 Å². The van der Waals surface area contributed by atoms with Crippen molar-refractivity contribution < 1.29 is 4.79 Å². The van der Waals surface area contributed by atoms with Crippen molar-refractivity contribution in [2.24, 2.45) is 5.92 Å². The maximum Gasteiger partial charge on any atom is 0.255 e. The molecule has 0 radical (unpaired) electrons. The van der Waals surface area contributed by atoms with Crippen LogP contribution < -0.4 is 0 Å². The van der Waals surface area contributed by atoms with Crippen LogP contribution in [0.15, 0.2) is 53.6 Å². The zero-order valence-corrected chi connectivity index (χ0v) is 13.6. The Hall–Kier alpha value is -1.81. The van der Waals surface area contributed by atoms with Gasteiger partial charge < -0.3 is 4.90 Å². The highest BCUT2D eigenvalue weighted by atomic mass is 32.2. The summed E-state index contributed by atoms with van der Waals surface area (Å²) in [5, 5.41) is 0. The number of benzene rings is 1. The Morgan fingerprint density at radius 1 is 1.27 bits per heavy atom. The quantitative estimate of drug-likeness (QED) is 0.808. The molecular weight excluding hydrogens is 292 g/mol. The van der Waals surface area contributed by atoms with Crippen molar-refractivity contribution in [3.63, 3.8) is 0 Å². The van der Waals surface area contributed by atoms with Crippen LogP contribution in [0.2, 0.25) is 0 Å². The number of amides is 1. The van der Waals surface area contributed by atoms with E-state index in [2.05, 4.69) is 29.2 Å². The number of nitrogens with zero attached hydrogens (tertiary/aromatic N) is 2. The van der Waals surface area contributed by atoms with Crippen LogP contribution in [0.5, 0.6) is 0 Å². The molecule has 4 heteroatoms. The van der Waals surface area contributed by atoms with Gasteiger partial charge in [-0.05, 0) is 43.5 Å². The van der Waals surface area contributed by atoms with Gasteiger partial charge in [-0.15, -0.1) is 11.8 Å². The van der Waals surface area contributed by atoms with Crippen molar-refractivity contribution >= 4 is 17.7 Å². The summed E-state index contributed by atoms with van der Waals surface area (Å²) in [5.74, 6) is 1.76. The Morgan fingerprint density at radius 3 is 2.82 bits per heavy atom. The highest BCUT2D eigenvalue weighted by Gasteiger charge is 2.27. The maximum absolute atomic E-state index is 12.5. The number of aryl methyl sites for hydroxylation is 1. The second-order valence-electron chi connectivity index (χ2n) is 5.72. The lowest BCUT2D eigenvalue weighted by Crippen LogP contribution is -2.29. The monoisotopic (exact) mass is 312 g/mol. The first-order valence-corrected chi connectivity index (χ1v) is 8.61. The zero-order valence-electron chi connectivity index (χ0n) is 12.7. The molecule has 0 N–H and O–H groups in total. The molecule has 2 heterocycles. The van der Waals surface area contributed by atoms with Crippen molar-refractivity contribution in [2.75, 3.05) is 18.8 Å². The van der Waals surface area contributed by atoms with Crippen LogP contribution in [-0.2, 0) is 0 Å². The molecule has 22 heavy (non-hydrogen) atoms. The van der Waals surface area contributed by atoms with Gasteiger partial charge in [-0.1, -0.05) is 18.2 Å². The first-order chi connectivity index (χ1) is 10.7. The number of aromatic nitrogens is 1. The van der Waals surface area contributed by atoms with E-state index in [1.807, 2.05) is 41.8 Å². The summed E-state index contributed by atoms with van der Waals surface area (Å²) in [6.07, 6.45) is 2.77. The van der Waals surface area contributed by atoms with Gasteiger partial charge in [0.2, 0.25) is 0 Å². The van der Waals surface area contributed by atoms with Crippen molar-refractivity contribution in [2.45, 2.75) is 18.2 Å². The molecule has 0 spiro atoms. The predicted molar refractivity (Wildman–Crippen MR) is 90.2 cm³/mol. The smallest absolute Gasteiger partial charge is 0.255 e. The predicted octanol–water partition coefficient (Wildman–Crippen LogP) is 3.64. The lowest BCUT2D eigenvalue weighted by atomic mass is 10.2. The number of carbonyl (C=O) groups is 1. The Labute approximate surface area is 135 Å². The fourth-order valence-electron chi connectivity index (χ4n) is 2.66. The van der Waals surface area contributed by atoms with Gasteiger partial charge in [-0.2, -0.15) is 0 Å². The average Bonchev–Trinajstić information content (AvgIpc) is 3.03. The minimum Gasteiger partial charge on any atom is -0.338 e. The van der Waals surface area contributed by atoms with Crippen molar-refractivity contribution in [3.8, 4) is 0 Å². The molecule has 1 atom stereocenters. The van der Waals surface area contributed by atoms with Gasteiger partial charge in [0, 0.05) is 35.6 Å². The minimum atomic E-state index is 0.111. The number of hydrogen-bond acceptors (Lipinski definition) is 3. The molecule has 1 fully saturated rings. The van der Waals surface area contributed by atoms with E-state index in [4.69, 9.17) is 0 Å². The standard InChI is InChI=1S/C18H20N2OS/c1-14-7-8-16(11-19-14)18(21)20-10-9-15(12-20)13-22-17-5-3-2-4-6-17/h2-8,11,15H,9-10,12-13H2,1H3/t15-/m1/s1. The van der Waals surface area contributed by atoms with Crippen LogP contribution in [0.3, 0.4) is 0 Å². The van der Waals surface area contributed by atoms with Crippen molar-refractivity contribution in [1.82, 2.24) is 9.88 Å². The maximum atomic E-state index is 12.5. The molecule has 114 valence electrons. The number of carbonyl (C=O) groups excluding carboxylic acids is 1. The largest absolute Gasteiger partial charge is 0.338 e. The van der Waals surface area contributed by atoms with Crippen LogP contribution in [0.25, 0.3) is 0 Å². The topological polar surface area (TPSA) is 33.2 Å². The summed E-state index contributed by atoms with van der Waals surface area (Å²) in [7, 11) is 0. The fourth-order valence-corrected chi connectivity index (χ4v) is 3.71. The molecule has 0 saturated carbocycles. The molecule has 1 aromatic carbocycles. The molecule has 3 rings (SSSR count). The number of hydrogen-bond donors (Lipinski definition) is 0. The van der Waals surface area contributed by atoms with Gasteiger partial charge in [0.1, 0.15) is 0 Å². The molecule has 1 amide bonds. The van der Waals surface area contributed by atoms with Crippen LogP contribution in [0.4, 0.5) is 0 Å². The number of pyridine rings is 1. The summed E-state index contributed by atoms with van der Waals surface area (Å²) in [6.45, 7) is 3.64. The summed E-state index contributed by atoms with van der Waals surface area (Å²) in [6, 6.07) is 14.2. The van der Waals surface area contributed by atoms with Crippen LogP contribution >= 0.6 is 11.8 Å². The lowest BCUT2D eigenvalue weighted by molar-refractivity contribution is 0.0788. The number of rotatable bonds is 4. The second kappa shape index (κ2) is 6.97. The Balaban J connectivity index is 1.53. The molecule has 1 saturated heterocycles. The normalized spacial score (nSPS) is 17.7. The summed E-state index contributed by atoms with van der Waals surface area (Å²) in [5.41, 5.74) is 1.64. The summed E-state index contributed by atoms with van der Waals surface area (Å²) >= 11 is 1.88. The third-order valence-electron chi connectivity index (χ3n) is 3.96. The van der Waals surface area contributed by atoms with E-state index in [1.165, 1.54) is 4.90 Å². The zero-order chi connectivity index (χ0) is 15.4. The molecule has 0 bridgehead atoms. The van der Waals surface area contributed by atoms with E-state index in [0.29, 0.717) is 11.5 Å². The third kappa shape index (κ3) is 3.69. The minimum absolute atomic E-state index is 0.111. The average molecular weight is 312 g/mol. The van der Waals surface area contributed by atoms with Gasteiger partial charge in [0.05, 0.1) is 5.56 Å². The molecule has 0 unspecified atom stereocenters. The first kappa shape index (κ1) is 15.1. The fraction of sp³-hybridized carbons (Fsp3) is 0.333. The van der Waals surface area contributed by atoms with Gasteiger partial charge >= 0.3 is 0 Å². The highest BCUT2D eigenvalue weighted by molar-refractivity contribution is 7.99. The van der Waals surface area contributed by atoms with Gasteiger partial charge in [0.15, 0.2) is 0 Å². The highest BCUT2D eigenvalue weighted by Crippen LogP contribution is 2.26. The molecule has 1 aromatic heterocycles. The van der Waals surface area contributed by atoms with E-state index in [-0.39, 0.29) is 5.91 Å². The van der Waals surface area contributed by atoms with Crippen LogP contribution in [0, 0.1) is 12.8 Å². The Kier molecular flexibility index (Phi) is 4.78. The third-order valence-corrected chi connectivity index (χ3v) is 5.20. The van der Waals surface area contributed by atoms with Crippen molar-refractivity contribution in [1.29, 1.82) is 0 Å².